The van der Waals surface area contributed by atoms with Gasteiger partial charge in [0.15, 0.2) is 0 Å². The molecule has 2 aromatic rings. The fourth-order valence-electron chi connectivity index (χ4n) is 4.01. The van der Waals surface area contributed by atoms with E-state index in [2.05, 4.69) is 17.9 Å². The van der Waals surface area contributed by atoms with Crippen LogP contribution in [0.25, 0.3) is 0 Å². The molecular formula is C21H25FN2O2S. The summed E-state index contributed by atoms with van der Waals surface area (Å²) < 4.78 is 20.3. The summed E-state index contributed by atoms with van der Waals surface area (Å²) in [7, 11) is 0. The number of ether oxygens (including phenoxy) is 1. The number of para-hydroxylation sites is 1. The fourth-order valence-corrected chi connectivity index (χ4v) is 4.96. The monoisotopic (exact) mass is 388 g/mol. The number of fused-ring (bicyclic) bond motifs is 3. The molecule has 3 saturated heterocycles. The Morgan fingerprint density at radius 2 is 1.96 bits per heavy atom. The lowest BCUT2D eigenvalue weighted by atomic mass is 9.86. The van der Waals surface area contributed by atoms with Crippen molar-refractivity contribution in [1.29, 1.82) is 0 Å². The average Bonchev–Trinajstić information content (AvgIpc) is 3.15. The van der Waals surface area contributed by atoms with Gasteiger partial charge in [0.25, 0.3) is 0 Å². The molecule has 0 spiro atoms. The van der Waals surface area contributed by atoms with Crippen LogP contribution in [0.4, 0.5) is 14.9 Å². The Morgan fingerprint density at radius 3 is 2.59 bits per heavy atom. The maximum atomic E-state index is 14.4. The van der Waals surface area contributed by atoms with Gasteiger partial charge in [-0.3, -0.25) is 9.80 Å². The normalized spacial score (nSPS) is 24.0. The second-order valence-corrected chi connectivity index (χ2v) is 8.57. The molecule has 5 rings (SSSR count). The molecule has 3 fully saturated rings. The van der Waals surface area contributed by atoms with Gasteiger partial charge in [0.2, 0.25) is 0 Å². The molecule has 1 atom stereocenters. The molecule has 3 aliphatic rings. The van der Waals surface area contributed by atoms with Crippen LogP contribution >= 0.6 is 11.3 Å². The maximum absolute atomic E-state index is 14.4. The second kappa shape index (κ2) is 7.98. The van der Waals surface area contributed by atoms with Gasteiger partial charge in [-0.1, -0.05) is 19.1 Å². The highest BCUT2D eigenvalue weighted by Crippen LogP contribution is 2.31. The van der Waals surface area contributed by atoms with Crippen molar-refractivity contribution in [2.45, 2.75) is 38.8 Å². The van der Waals surface area contributed by atoms with Gasteiger partial charge in [0.1, 0.15) is 11.9 Å². The predicted molar refractivity (Wildman–Crippen MR) is 106 cm³/mol. The molecule has 0 aliphatic carbocycles. The average molecular weight is 389 g/mol. The van der Waals surface area contributed by atoms with Crippen LogP contribution in [0, 0.1) is 11.7 Å². The molecule has 1 aromatic carbocycles. The number of nitrogens with zero attached hydrogens (tertiary/aromatic N) is 2. The molecule has 1 aromatic heterocycles. The van der Waals surface area contributed by atoms with E-state index in [1.54, 1.807) is 29.5 Å². The van der Waals surface area contributed by atoms with Gasteiger partial charge in [-0.2, -0.15) is 0 Å². The van der Waals surface area contributed by atoms with Crippen LogP contribution in [0.5, 0.6) is 0 Å². The van der Waals surface area contributed by atoms with Crippen molar-refractivity contribution < 1.29 is 13.9 Å². The van der Waals surface area contributed by atoms with E-state index >= 15 is 0 Å². The number of carbonyl (C=O) groups excluding carboxylic acids is 1. The minimum absolute atomic E-state index is 0.0937. The van der Waals surface area contributed by atoms with Crippen molar-refractivity contribution in [3.05, 3.63) is 52.0 Å². The Bertz CT molecular complexity index is 801. The van der Waals surface area contributed by atoms with E-state index < -0.39 is 11.9 Å². The quantitative estimate of drug-likeness (QED) is 0.745. The van der Waals surface area contributed by atoms with E-state index in [4.69, 9.17) is 4.74 Å². The van der Waals surface area contributed by atoms with E-state index in [0.29, 0.717) is 12.5 Å². The van der Waals surface area contributed by atoms with Gasteiger partial charge >= 0.3 is 6.09 Å². The summed E-state index contributed by atoms with van der Waals surface area (Å²) >= 11 is 1.66. The number of carbonyl (C=O) groups is 1. The first-order chi connectivity index (χ1) is 13.1. The minimum atomic E-state index is -0.453. The lowest BCUT2D eigenvalue weighted by molar-refractivity contribution is -0.0311. The summed E-state index contributed by atoms with van der Waals surface area (Å²) in [4.78, 5) is 19.1. The zero-order chi connectivity index (χ0) is 18.8. The number of rotatable bonds is 5. The SMILES string of the molecule is CCc1ccc(CN(C(=O)OC2CN3CCC2CC3)c2ccccc2F)s1. The Morgan fingerprint density at radius 1 is 1.22 bits per heavy atom. The summed E-state index contributed by atoms with van der Waals surface area (Å²) in [5.41, 5.74) is 0.273. The number of hydrogen-bond donors (Lipinski definition) is 0. The van der Waals surface area contributed by atoms with E-state index in [0.717, 1.165) is 43.8 Å². The topological polar surface area (TPSA) is 32.8 Å². The van der Waals surface area contributed by atoms with Gasteiger partial charge in [-0.15, -0.1) is 11.3 Å². The predicted octanol–water partition coefficient (Wildman–Crippen LogP) is 4.69. The van der Waals surface area contributed by atoms with Crippen LogP contribution in [0.1, 0.15) is 29.5 Å². The fraction of sp³-hybridized carbons (Fsp3) is 0.476. The van der Waals surface area contributed by atoms with Gasteiger partial charge in [-0.25, -0.2) is 9.18 Å². The molecule has 1 amide bonds. The van der Waals surface area contributed by atoms with Crippen LogP contribution < -0.4 is 4.90 Å². The van der Waals surface area contributed by atoms with Crippen LogP contribution in [-0.4, -0.2) is 36.7 Å². The number of halogens is 1. The molecule has 4 heterocycles. The first-order valence-electron chi connectivity index (χ1n) is 9.66. The van der Waals surface area contributed by atoms with Crippen molar-refractivity contribution >= 4 is 23.1 Å². The molecule has 4 nitrogen and oxygen atoms in total. The lowest BCUT2D eigenvalue weighted by Crippen LogP contribution is -2.53. The van der Waals surface area contributed by atoms with Crippen molar-refractivity contribution in [3.8, 4) is 0 Å². The standard InChI is InChI=1S/C21H25FN2O2S/c1-2-16-7-8-17(27-16)13-24(19-6-4-3-5-18(19)22)21(25)26-20-14-23-11-9-15(20)10-12-23/h3-8,15,20H,2,9-14H2,1H3. The Labute approximate surface area is 163 Å². The van der Waals surface area contributed by atoms with Gasteiger partial charge in [0, 0.05) is 16.3 Å². The number of piperidine rings is 3. The molecule has 144 valence electrons. The smallest absolute Gasteiger partial charge is 0.415 e. The van der Waals surface area contributed by atoms with Crippen LogP contribution in [0.15, 0.2) is 36.4 Å². The lowest BCUT2D eigenvalue weighted by Gasteiger charge is -2.44. The first kappa shape index (κ1) is 18.4. The van der Waals surface area contributed by atoms with Gasteiger partial charge in [-0.05, 0) is 62.5 Å². The molecule has 0 N–H and O–H groups in total. The van der Waals surface area contributed by atoms with E-state index in [1.807, 2.05) is 6.07 Å². The molecule has 1 unspecified atom stereocenters. The minimum Gasteiger partial charge on any atom is -0.444 e. The maximum Gasteiger partial charge on any atom is 0.415 e. The molecule has 2 bridgehead atoms. The Hall–Kier alpha value is -1.92. The first-order valence-corrected chi connectivity index (χ1v) is 10.5. The molecule has 0 saturated carbocycles. The number of anilines is 1. The van der Waals surface area contributed by atoms with Crippen molar-refractivity contribution in [3.63, 3.8) is 0 Å². The Kier molecular flexibility index (Phi) is 5.45. The van der Waals surface area contributed by atoms with E-state index in [1.165, 1.54) is 15.8 Å². The zero-order valence-electron chi connectivity index (χ0n) is 15.6. The van der Waals surface area contributed by atoms with Gasteiger partial charge in [0.05, 0.1) is 12.2 Å². The highest BCUT2D eigenvalue weighted by molar-refractivity contribution is 7.12. The molecular weight excluding hydrogens is 363 g/mol. The molecule has 27 heavy (non-hydrogen) atoms. The third-order valence-electron chi connectivity index (χ3n) is 5.59. The summed E-state index contributed by atoms with van der Waals surface area (Å²) in [6.45, 7) is 5.40. The van der Waals surface area contributed by atoms with Crippen molar-refractivity contribution in [2.75, 3.05) is 24.5 Å². The van der Waals surface area contributed by atoms with E-state index in [9.17, 15) is 9.18 Å². The highest BCUT2D eigenvalue weighted by Gasteiger charge is 2.37. The zero-order valence-corrected chi connectivity index (χ0v) is 16.4. The highest BCUT2D eigenvalue weighted by atomic mass is 32.1. The second-order valence-electron chi connectivity index (χ2n) is 7.32. The number of aryl methyl sites for hydroxylation is 1. The summed E-state index contributed by atoms with van der Waals surface area (Å²) in [5, 5.41) is 0. The number of amides is 1. The molecule has 0 radical (unpaired) electrons. The van der Waals surface area contributed by atoms with Crippen molar-refractivity contribution in [1.82, 2.24) is 4.90 Å². The van der Waals surface area contributed by atoms with Gasteiger partial charge < -0.3 is 4.74 Å². The number of benzene rings is 1. The third kappa shape index (κ3) is 4.01. The largest absolute Gasteiger partial charge is 0.444 e. The Balaban J connectivity index is 1.55. The van der Waals surface area contributed by atoms with Crippen molar-refractivity contribution in [2.24, 2.45) is 5.92 Å². The van der Waals surface area contributed by atoms with E-state index in [-0.39, 0.29) is 11.8 Å². The summed E-state index contributed by atoms with van der Waals surface area (Å²) in [5.74, 6) is 0.0190. The number of hydrogen-bond acceptors (Lipinski definition) is 4. The third-order valence-corrected chi connectivity index (χ3v) is 6.81. The van der Waals surface area contributed by atoms with Crippen LogP contribution in [0.2, 0.25) is 0 Å². The summed E-state index contributed by atoms with van der Waals surface area (Å²) in [6, 6.07) is 10.5. The molecule has 6 heteroatoms. The summed E-state index contributed by atoms with van der Waals surface area (Å²) in [6.07, 6.45) is 2.55. The van der Waals surface area contributed by atoms with Crippen LogP contribution in [-0.2, 0) is 17.7 Å². The molecule has 3 aliphatic heterocycles. The number of thiophene rings is 1. The van der Waals surface area contributed by atoms with Crippen LogP contribution in [0.3, 0.4) is 0 Å².